The standard InChI is InChI=1S/C11H9F2NO2/c12-7-1-2-9(13)8(5-7)10(15)6-11-14-3-4-16-11/h1-2,5H,3-4,6H2. The number of hydrogen-bond acceptors (Lipinski definition) is 3. The zero-order valence-electron chi connectivity index (χ0n) is 8.37. The van der Waals surface area contributed by atoms with E-state index in [9.17, 15) is 13.6 Å². The zero-order chi connectivity index (χ0) is 11.5. The fraction of sp³-hybridized carbons (Fsp3) is 0.273. The minimum absolute atomic E-state index is 0.125. The lowest BCUT2D eigenvalue weighted by Gasteiger charge is -2.03. The summed E-state index contributed by atoms with van der Waals surface area (Å²) in [6, 6.07) is 2.78. The van der Waals surface area contributed by atoms with Gasteiger partial charge in [-0.1, -0.05) is 0 Å². The van der Waals surface area contributed by atoms with Gasteiger partial charge in [-0.2, -0.15) is 0 Å². The molecular formula is C11H9F2NO2. The molecule has 3 nitrogen and oxygen atoms in total. The average molecular weight is 225 g/mol. The maximum atomic E-state index is 13.2. The van der Waals surface area contributed by atoms with Crippen molar-refractivity contribution < 1.29 is 18.3 Å². The van der Waals surface area contributed by atoms with Gasteiger partial charge in [-0.3, -0.25) is 9.79 Å². The molecule has 0 unspecified atom stereocenters. The van der Waals surface area contributed by atoms with Crippen LogP contribution in [0.3, 0.4) is 0 Å². The number of Topliss-reactive ketones (excluding diaryl/α,β-unsaturated/α-hetero) is 1. The van der Waals surface area contributed by atoms with Crippen LogP contribution in [0.1, 0.15) is 16.8 Å². The summed E-state index contributed by atoms with van der Waals surface area (Å²) in [5.41, 5.74) is -0.266. The van der Waals surface area contributed by atoms with Crippen LogP contribution in [0.15, 0.2) is 23.2 Å². The van der Waals surface area contributed by atoms with Crippen molar-refractivity contribution in [3.05, 3.63) is 35.4 Å². The number of aliphatic imine (C=N–C) groups is 1. The Kier molecular flexibility index (Phi) is 2.94. The molecule has 0 saturated heterocycles. The van der Waals surface area contributed by atoms with Crippen LogP contribution in [0.5, 0.6) is 0 Å². The molecule has 1 aromatic carbocycles. The van der Waals surface area contributed by atoms with Crippen LogP contribution in [0, 0.1) is 11.6 Å². The van der Waals surface area contributed by atoms with Crippen molar-refractivity contribution >= 4 is 11.7 Å². The number of ether oxygens (including phenoxy) is 1. The second-order valence-electron chi connectivity index (χ2n) is 3.35. The van der Waals surface area contributed by atoms with Crippen LogP contribution in [0.2, 0.25) is 0 Å². The fourth-order valence-corrected chi connectivity index (χ4v) is 1.43. The second-order valence-corrected chi connectivity index (χ2v) is 3.35. The molecule has 0 saturated carbocycles. The molecule has 16 heavy (non-hydrogen) atoms. The van der Waals surface area contributed by atoms with E-state index < -0.39 is 17.4 Å². The molecule has 0 amide bonds. The number of rotatable bonds is 3. The van der Waals surface area contributed by atoms with Crippen LogP contribution in [0.4, 0.5) is 8.78 Å². The summed E-state index contributed by atoms with van der Waals surface area (Å²) < 4.78 is 31.1. The van der Waals surface area contributed by atoms with E-state index in [1.165, 1.54) is 0 Å². The molecule has 1 aliphatic heterocycles. The summed E-state index contributed by atoms with van der Waals surface area (Å²) in [7, 11) is 0. The lowest BCUT2D eigenvalue weighted by atomic mass is 10.1. The van der Waals surface area contributed by atoms with Gasteiger partial charge in [0.2, 0.25) is 0 Å². The number of halogens is 2. The molecule has 0 fully saturated rings. The predicted octanol–water partition coefficient (Wildman–Crippen LogP) is 1.97. The van der Waals surface area contributed by atoms with E-state index in [1.807, 2.05) is 0 Å². The quantitative estimate of drug-likeness (QED) is 0.737. The third-order valence-corrected chi connectivity index (χ3v) is 2.19. The monoisotopic (exact) mass is 225 g/mol. The Hall–Kier alpha value is -1.78. The van der Waals surface area contributed by atoms with E-state index in [2.05, 4.69) is 4.99 Å². The summed E-state index contributed by atoms with van der Waals surface area (Å²) in [5.74, 6) is -1.62. The second kappa shape index (κ2) is 4.38. The van der Waals surface area contributed by atoms with Gasteiger partial charge in [-0.25, -0.2) is 8.78 Å². The molecular weight excluding hydrogens is 216 g/mol. The minimum Gasteiger partial charge on any atom is -0.479 e. The Morgan fingerprint density at radius 2 is 2.25 bits per heavy atom. The molecule has 1 aromatic rings. The molecule has 5 heteroatoms. The molecule has 84 valence electrons. The lowest BCUT2D eigenvalue weighted by molar-refractivity contribution is 0.0990. The highest BCUT2D eigenvalue weighted by Gasteiger charge is 2.17. The summed E-state index contributed by atoms with van der Waals surface area (Å²) in [6.07, 6.45) is -0.125. The normalized spacial score (nSPS) is 14.5. The van der Waals surface area contributed by atoms with Crippen LogP contribution in [-0.4, -0.2) is 24.8 Å². The van der Waals surface area contributed by atoms with E-state index in [1.54, 1.807) is 0 Å². The highest BCUT2D eigenvalue weighted by atomic mass is 19.1. The van der Waals surface area contributed by atoms with E-state index in [0.717, 1.165) is 18.2 Å². The van der Waals surface area contributed by atoms with Gasteiger partial charge in [0.05, 0.1) is 18.5 Å². The predicted molar refractivity (Wildman–Crippen MR) is 53.6 cm³/mol. The Labute approximate surface area is 90.8 Å². The number of carbonyl (C=O) groups excluding carboxylic acids is 1. The SMILES string of the molecule is O=C(CC1=NCCO1)c1cc(F)ccc1F. The van der Waals surface area contributed by atoms with Gasteiger partial charge in [0.15, 0.2) is 11.7 Å². The lowest BCUT2D eigenvalue weighted by Crippen LogP contribution is -2.10. The van der Waals surface area contributed by atoms with E-state index in [4.69, 9.17) is 4.74 Å². The molecule has 0 aliphatic carbocycles. The smallest absolute Gasteiger partial charge is 0.191 e. The van der Waals surface area contributed by atoms with Gasteiger partial charge < -0.3 is 4.74 Å². The van der Waals surface area contributed by atoms with Crippen LogP contribution < -0.4 is 0 Å². The van der Waals surface area contributed by atoms with Gasteiger partial charge >= 0.3 is 0 Å². The van der Waals surface area contributed by atoms with Crippen LogP contribution in [-0.2, 0) is 4.74 Å². The molecule has 1 heterocycles. The van der Waals surface area contributed by atoms with E-state index in [-0.39, 0.29) is 17.9 Å². The largest absolute Gasteiger partial charge is 0.479 e. The molecule has 0 atom stereocenters. The maximum Gasteiger partial charge on any atom is 0.191 e. The van der Waals surface area contributed by atoms with Crippen LogP contribution >= 0.6 is 0 Å². The molecule has 1 aliphatic rings. The van der Waals surface area contributed by atoms with Gasteiger partial charge in [0.25, 0.3) is 0 Å². The number of hydrogen-bond donors (Lipinski definition) is 0. The van der Waals surface area contributed by atoms with E-state index >= 15 is 0 Å². The first-order chi connectivity index (χ1) is 7.66. The van der Waals surface area contributed by atoms with Crippen molar-refractivity contribution in [3.8, 4) is 0 Å². The van der Waals surface area contributed by atoms with Crippen molar-refractivity contribution in [2.75, 3.05) is 13.2 Å². The van der Waals surface area contributed by atoms with Crippen molar-refractivity contribution in [2.24, 2.45) is 4.99 Å². The minimum atomic E-state index is -0.731. The number of ketones is 1. The van der Waals surface area contributed by atoms with Crippen molar-refractivity contribution in [1.82, 2.24) is 0 Å². The highest BCUT2D eigenvalue weighted by molar-refractivity contribution is 6.07. The average Bonchev–Trinajstić information content (AvgIpc) is 2.74. The number of carbonyl (C=O) groups is 1. The molecule has 0 aromatic heterocycles. The Bertz CT molecular complexity index is 457. The van der Waals surface area contributed by atoms with Gasteiger partial charge in [0, 0.05) is 0 Å². The molecule has 0 radical (unpaired) electrons. The molecule has 0 spiro atoms. The maximum absolute atomic E-state index is 13.2. The molecule has 0 N–H and O–H groups in total. The number of benzene rings is 1. The van der Waals surface area contributed by atoms with Crippen molar-refractivity contribution in [1.29, 1.82) is 0 Å². The third-order valence-electron chi connectivity index (χ3n) is 2.19. The Balaban J connectivity index is 2.16. The van der Waals surface area contributed by atoms with Gasteiger partial charge in [0.1, 0.15) is 18.2 Å². The topological polar surface area (TPSA) is 38.7 Å². The van der Waals surface area contributed by atoms with Crippen LogP contribution in [0.25, 0.3) is 0 Å². The number of nitrogens with zero attached hydrogens (tertiary/aromatic N) is 1. The fourth-order valence-electron chi connectivity index (χ4n) is 1.43. The summed E-state index contributed by atoms with van der Waals surface area (Å²) >= 11 is 0. The van der Waals surface area contributed by atoms with Gasteiger partial charge in [-0.05, 0) is 18.2 Å². The first-order valence-corrected chi connectivity index (χ1v) is 4.81. The summed E-state index contributed by atoms with van der Waals surface area (Å²) in [6.45, 7) is 0.947. The Morgan fingerprint density at radius 1 is 1.44 bits per heavy atom. The first kappa shape index (κ1) is 10.7. The highest BCUT2D eigenvalue weighted by Crippen LogP contribution is 2.13. The molecule has 2 rings (SSSR count). The summed E-state index contributed by atoms with van der Waals surface area (Å²) in [4.78, 5) is 15.5. The Morgan fingerprint density at radius 3 is 2.94 bits per heavy atom. The summed E-state index contributed by atoms with van der Waals surface area (Å²) in [5, 5.41) is 0. The molecule has 0 bridgehead atoms. The zero-order valence-corrected chi connectivity index (χ0v) is 8.37. The first-order valence-electron chi connectivity index (χ1n) is 4.81. The van der Waals surface area contributed by atoms with Gasteiger partial charge in [-0.15, -0.1) is 0 Å². The van der Waals surface area contributed by atoms with Crippen molar-refractivity contribution in [2.45, 2.75) is 6.42 Å². The van der Waals surface area contributed by atoms with E-state index in [0.29, 0.717) is 13.2 Å². The third kappa shape index (κ3) is 2.24. The van der Waals surface area contributed by atoms with Crippen molar-refractivity contribution in [3.63, 3.8) is 0 Å².